The molecular weight excluding hydrogens is 138 g/mol. The van der Waals surface area contributed by atoms with Crippen LogP contribution in [0.5, 0.6) is 0 Å². The van der Waals surface area contributed by atoms with Crippen molar-refractivity contribution in [2.75, 3.05) is 0 Å². The monoisotopic (exact) mass is 160 g/mol. The van der Waals surface area contributed by atoms with Crippen molar-refractivity contribution in [3.63, 3.8) is 0 Å². The molecule has 0 aliphatic carbocycles. The van der Waals surface area contributed by atoms with Gasteiger partial charge in [0.25, 0.3) is 0 Å². The van der Waals surface area contributed by atoms with Crippen LogP contribution in [-0.2, 0) is 4.74 Å². The molecule has 0 saturated heterocycles. The van der Waals surface area contributed by atoms with Gasteiger partial charge in [0.2, 0.25) is 0 Å². The minimum atomic E-state index is -0.0372. The number of hydrogen-bond donors (Lipinski definition) is 1. The lowest BCUT2D eigenvalue weighted by molar-refractivity contribution is -0.442. The van der Waals surface area contributed by atoms with E-state index in [1.807, 2.05) is 0 Å². The molecule has 0 aliphatic heterocycles. The van der Waals surface area contributed by atoms with Crippen LogP contribution in [0.15, 0.2) is 0 Å². The van der Waals surface area contributed by atoms with Crippen molar-refractivity contribution in [1.82, 2.24) is 0 Å². The fourth-order valence-electron chi connectivity index (χ4n) is 0.986. The second-order valence-electron chi connectivity index (χ2n) is 4.10. The van der Waals surface area contributed by atoms with Crippen molar-refractivity contribution in [2.24, 2.45) is 0 Å². The van der Waals surface area contributed by atoms with E-state index in [1.54, 1.807) is 0 Å². The maximum absolute atomic E-state index is 5.73. The van der Waals surface area contributed by atoms with Crippen molar-refractivity contribution >= 4 is 0 Å². The van der Waals surface area contributed by atoms with Gasteiger partial charge < -0.3 is 10.5 Å². The van der Waals surface area contributed by atoms with Crippen LogP contribution in [0.25, 0.3) is 0 Å². The third-order valence-corrected chi connectivity index (χ3v) is 1.73. The molecule has 11 heavy (non-hydrogen) atoms. The first kappa shape index (κ1) is 10.9. The van der Waals surface area contributed by atoms with E-state index in [2.05, 4.69) is 40.4 Å². The quantitative estimate of drug-likeness (QED) is 0.662. The highest BCUT2D eigenvalue weighted by Gasteiger charge is 2.21. The maximum atomic E-state index is 5.73. The molecule has 0 aromatic heterocycles. The summed E-state index contributed by atoms with van der Waals surface area (Å²) in [7, 11) is 0. The average Bonchev–Trinajstić information content (AvgIpc) is 1.82. The smallest absolute Gasteiger partial charge is 0.110 e. The first-order valence-corrected chi connectivity index (χ1v) is 4.37. The standard InChI is InChI=1S/C9H21NO/c1-6-8(10)7(2)11-9(3,4)5/h7-8H,6,10H2,1-5H3/p+1/t7?,8-/m1/s1. The van der Waals surface area contributed by atoms with Gasteiger partial charge in [0.1, 0.15) is 12.1 Å². The lowest BCUT2D eigenvalue weighted by atomic mass is 10.1. The molecule has 0 radical (unpaired) electrons. The summed E-state index contributed by atoms with van der Waals surface area (Å²) in [6, 6.07) is 0.411. The normalized spacial score (nSPS) is 18.0. The number of quaternary nitrogens is 1. The Hall–Kier alpha value is -0.0800. The summed E-state index contributed by atoms with van der Waals surface area (Å²) in [6.07, 6.45) is 1.34. The van der Waals surface area contributed by atoms with E-state index in [0.717, 1.165) is 6.42 Å². The Morgan fingerprint density at radius 2 is 1.82 bits per heavy atom. The van der Waals surface area contributed by atoms with E-state index < -0.39 is 0 Å². The summed E-state index contributed by atoms with van der Waals surface area (Å²) >= 11 is 0. The largest absolute Gasteiger partial charge is 0.367 e. The first-order chi connectivity index (χ1) is 4.87. The zero-order valence-corrected chi connectivity index (χ0v) is 8.48. The van der Waals surface area contributed by atoms with E-state index in [-0.39, 0.29) is 11.7 Å². The van der Waals surface area contributed by atoms with Gasteiger partial charge in [-0.3, -0.25) is 0 Å². The molecule has 1 unspecified atom stereocenters. The van der Waals surface area contributed by atoms with Gasteiger partial charge in [-0.2, -0.15) is 0 Å². The Morgan fingerprint density at radius 3 is 2.09 bits per heavy atom. The minimum absolute atomic E-state index is 0.0372. The molecule has 0 amide bonds. The molecule has 0 aromatic rings. The molecule has 68 valence electrons. The van der Waals surface area contributed by atoms with E-state index >= 15 is 0 Å². The van der Waals surface area contributed by atoms with Crippen LogP contribution in [-0.4, -0.2) is 17.7 Å². The molecule has 2 nitrogen and oxygen atoms in total. The van der Waals surface area contributed by atoms with Crippen LogP contribution in [0.4, 0.5) is 0 Å². The van der Waals surface area contributed by atoms with Crippen molar-refractivity contribution in [3.8, 4) is 0 Å². The lowest BCUT2D eigenvalue weighted by Gasteiger charge is -2.26. The number of hydrogen-bond acceptors (Lipinski definition) is 1. The highest BCUT2D eigenvalue weighted by Crippen LogP contribution is 2.12. The van der Waals surface area contributed by atoms with Crippen LogP contribution in [0.1, 0.15) is 41.0 Å². The molecule has 0 heterocycles. The maximum Gasteiger partial charge on any atom is 0.110 e. The average molecular weight is 160 g/mol. The van der Waals surface area contributed by atoms with E-state index in [9.17, 15) is 0 Å². The second-order valence-corrected chi connectivity index (χ2v) is 4.10. The van der Waals surface area contributed by atoms with Crippen molar-refractivity contribution in [2.45, 2.75) is 58.8 Å². The molecule has 2 heteroatoms. The fraction of sp³-hybridized carbons (Fsp3) is 1.00. The third-order valence-electron chi connectivity index (χ3n) is 1.73. The van der Waals surface area contributed by atoms with Gasteiger partial charge in [-0.05, 0) is 34.1 Å². The Morgan fingerprint density at radius 1 is 1.36 bits per heavy atom. The summed E-state index contributed by atoms with van der Waals surface area (Å²) in [5.74, 6) is 0. The van der Waals surface area contributed by atoms with Gasteiger partial charge in [-0.1, -0.05) is 6.92 Å². The molecule has 0 saturated carbocycles. The molecule has 0 aromatic carbocycles. The summed E-state index contributed by atoms with van der Waals surface area (Å²) < 4.78 is 5.73. The van der Waals surface area contributed by atoms with Crippen LogP contribution in [0.2, 0.25) is 0 Å². The van der Waals surface area contributed by atoms with E-state index in [0.29, 0.717) is 6.04 Å². The highest BCUT2D eigenvalue weighted by atomic mass is 16.5. The summed E-state index contributed by atoms with van der Waals surface area (Å²) in [4.78, 5) is 0. The molecule has 0 rings (SSSR count). The summed E-state index contributed by atoms with van der Waals surface area (Å²) in [5.41, 5.74) is 3.98. The van der Waals surface area contributed by atoms with Gasteiger partial charge in [-0.15, -0.1) is 0 Å². The fourth-order valence-corrected chi connectivity index (χ4v) is 0.986. The first-order valence-electron chi connectivity index (χ1n) is 4.37. The van der Waals surface area contributed by atoms with Crippen LogP contribution < -0.4 is 5.73 Å². The number of ether oxygens (including phenoxy) is 1. The minimum Gasteiger partial charge on any atom is -0.367 e. The molecule has 0 aliphatic rings. The number of rotatable bonds is 3. The molecule has 0 fully saturated rings. The van der Waals surface area contributed by atoms with E-state index in [4.69, 9.17) is 4.74 Å². The van der Waals surface area contributed by atoms with Crippen LogP contribution in [0.3, 0.4) is 0 Å². The van der Waals surface area contributed by atoms with Gasteiger partial charge in [0, 0.05) is 0 Å². The molecule has 0 spiro atoms. The van der Waals surface area contributed by atoms with Crippen molar-refractivity contribution < 1.29 is 10.5 Å². The Kier molecular flexibility index (Phi) is 4.04. The van der Waals surface area contributed by atoms with Crippen molar-refractivity contribution in [3.05, 3.63) is 0 Å². The Bertz CT molecular complexity index is 107. The summed E-state index contributed by atoms with van der Waals surface area (Å²) in [6.45, 7) is 10.5. The van der Waals surface area contributed by atoms with E-state index in [1.165, 1.54) is 0 Å². The SMILES string of the molecule is CC[C@@H]([NH3+])C(C)OC(C)(C)C. The second kappa shape index (κ2) is 4.07. The highest BCUT2D eigenvalue weighted by molar-refractivity contribution is 4.67. The lowest BCUT2D eigenvalue weighted by Crippen LogP contribution is -2.66. The zero-order chi connectivity index (χ0) is 9.07. The van der Waals surface area contributed by atoms with Crippen LogP contribution >= 0.6 is 0 Å². The third kappa shape index (κ3) is 5.22. The van der Waals surface area contributed by atoms with Crippen LogP contribution in [0, 0.1) is 0 Å². The molecule has 3 N–H and O–H groups in total. The Labute approximate surface area is 70.1 Å². The zero-order valence-electron chi connectivity index (χ0n) is 8.48. The topological polar surface area (TPSA) is 36.9 Å². The van der Waals surface area contributed by atoms with Gasteiger partial charge in [0.05, 0.1) is 5.60 Å². The predicted octanol–water partition coefficient (Wildman–Crippen LogP) is 1.21. The summed E-state index contributed by atoms with van der Waals surface area (Å²) in [5, 5.41) is 0. The Balaban J connectivity index is 3.77. The van der Waals surface area contributed by atoms with Crippen molar-refractivity contribution in [1.29, 1.82) is 0 Å². The molecule has 0 bridgehead atoms. The molecule has 2 atom stereocenters. The predicted molar refractivity (Wildman–Crippen MR) is 47.3 cm³/mol. The van der Waals surface area contributed by atoms with Gasteiger partial charge in [-0.25, -0.2) is 0 Å². The molecular formula is C9H22NO+. The van der Waals surface area contributed by atoms with Gasteiger partial charge >= 0.3 is 0 Å². The van der Waals surface area contributed by atoms with Gasteiger partial charge in [0.15, 0.2) is 0 Å².